The van der Waals surface area contributed by atoms with Gasteiger partial charge in [-0.15, -0.1) is 0 Å². The summed E-state index contributed by atoms with van der Waals surface area (Å²) >= 11 is 1.50. The Kier molecular flexibility index (Phi) is 4.86. The highest BCUT2D eigenvalue weighted by Crippen LogP contribution is 2.35. The molecule has 0 aliphatic carbocycles. The minimum absolute atomic E-state index is 0.509. The summed E-state index contributed by atoms with van der Waals surface area (Å²) in [5.74, 6) is 1.29. The third-order valence-corrected chi connectivity index (χ3v) is 4.44. The highest BCUT2D eigenvalue weighted by molar-refractivity contribution is 7.99. The third kappa shape index (κ3) is 3.60. The van der Waals surface area contributed by atoms with Crippen LogP contribution in [-0.4, -0.2) is 17.1 Å². The number of nitrogens with one attached hydrogen (secondary N) is 1. The summed E-state index contributed by atoms with van der Waals surface area (Å²) in [6, 6.07) is 15.9. The lowest BCUT2D eigenvalue weighted by Crippen LogP contribution is -2.03. The molecule has 3 aromatic rings. The molecule has 0 amide bonds. The van der Waals surface area contributed by atoms with Gasteiger partial charge in [0.2, 0.25) is 0 Å². The van der Waals surface area contributed by atoms with Crippen molar-refractivity contribution in [1.82, 2.24) is 9.97 Å². The van der Waals surface area contributed by atoms with E-state index in [4.69, 9.17) is 10.5 Å². The normalized spacial score (nSPS) is 10.4. The topological polar surface area (TPSA) is 73.1 Å². The fraction of sp³-hybridized carbons (Fsp3) is 0.111. The highest BCUT2D eigenvalue weighted by Gasteiger charge is 2.12. The standard InChI is InChI=1S/C18H18N4OS/c1-12-8-9-15(23-2)14(10-12)22-17-16(19)18(21-11-20-17)24-13-6-4-3-5-7-13/h3-11H,19H2,1-2H3,(H,20,21,22). The molecule has 0 spiro atoms. The van der Waals surface area contributed by atoms with Crippen molar-refractivity contribution in [2.75, 3.05) is 18.2 Å². The van der Waals surface area contributed by atoms with Crippen molar-refractivity contribution in [2.45, 2.75) is 16.8 Å². The second-order valence-corrected chi connectivity index (χ2v) is 6.25. The second-order valence-electron chi connectivity index (χ2n) is 5.18. The van der Waals surface area contributed by atoms with Crippen molar-refractivity contribution in [3.05, 3.63) is 60.4 Å². The van der Waals surface area contributed by atoms with Gasteiger partial charge in [-0.2, -0.15) is 0 Å². The number of aromatic nitrogens is 2. The van der Waals surface area contributed by atoms with E-state index in [2.05, 4.69) is 15.3 Å². The summed E-state index contributed by atoms with van der Waals surface area (Å²) < 4.78 is 5.39. The van der Waals surface area contributed by atoms with Gasteiger partial charge >= 0.3 is 0 Å². The van der Waals surface area contributed by atoms with Gasteiger partial charge in [0, 0.05) is 4.90 Å². The Labute approximate surface area is 145 Å². The van der Waals surface area contributed by atoms with Gasteiger partial charge in [0.25, 0.3) is 0 Å². The summed E-state index contributed by atoms with van der Waals surface area (Å²) in [5.41, 5.74) is 8.70. The SMILES string of the molecule is COc1ccc(C)cc1Nc1ncnc(Sc2ccccc2)c1N. The number of hydrogen-bond acceptors (Lipinski definition) is 6. The van der Waals surface area contributed by atoms with Gasteiger partial charge in [0.05, 0.1) is 12.8 Å². The van der Waals surface area contributed by atoms with Crippen molar-refractivity contribution in [3.63, 3.8) is 0 Å². The Morgan fingerprint density at radius 1 is 1.08 bits per heavy atom. The van der Waals surface area contributed by atoms with Gasteiger partial charge in [0.15, 0.2) is 5.82 Å². The number of nitrogens with two attached hydrogens (primary N) is 1. The monoisotopic (exact) mass is 338 g/mol. The van der Waals surface area contributed by atoms with Gasteiger partial charge < -0.3 is 15.8 Å². The fourth-order valence-electron chi connectivity index (χ4n) is 2.21. The maximum atomic E-state index is 6.26. The van der Waals surface area contributed by atoms with Gasteiger partial charge in [-0.05, 0) is 36.8 Å². The summed E-state index contributed by atoms with van der Waals surface area (Å²) in [5, 5.41) is 3.96. The molecule has 0 fully saturated rings. The molecule has 0 radical (unpaired) electrons. The van der Waals surface area contributed by atoms with Gasteiger partial charge in [0.1, 0.15) is 22.8 Å². The molecule has 0 unspecified atom stereocenters. The molecule has 3 rings (SSSR count). The zero-order valence-corrected chi connectivity index (χ0v) is 14.3. The van der Waals surface area contributed by atoms with Crippen LogP contribution in [-0.2, 0) is 0 Å². The van der Waals surface area contributed by atoms with Crippen molar-refractivity contribution < 1.29 is 4.74 Å². The molecule has 5 nitrogen and oxygen atoms in total. The molecule has 6 heteroatoms. The maximum absolute atomic E-state index is 6.26. The number of hydrogen-bond donors (Lipinski definition) is 2. The van der Waals surface area contributed by atoms with E-state index in [-0.39, 0.29) is 0 Å². The number of anilines is 3. The number of methoxy groups -OCH3 is 1. The smallest absolute Gasteiger partial charge is 0.158 e. The number of nitrogen functional groups attached to an aromatic ring is 1. The number of benzene rings is 2. The molecule has 0 saturated carbocycles. The van der Waals surface area contributed by atoms with Crippen LogP contribution in [0.2, 0.25) is 0 Å². The Hall–Kier alpha value is -2.73. The molecule has 3 N–H and O–H groups in total. The van der Waals surface area contributed by atoms with Crippen LogP contribution in [0.15, 0.2) is 64.8 Å². The van der Waals surface area contributed by atoms with Crippen LogP contribution in [0, 0.1) is 6.92 Å². The Balaban J connectivity index is 1.90. The lowest BCUT2D eigenvalue weighted by molar-refractivity contribution is 0.416. The zero-order valence-electron chi connectivity index (χ0n) is 13.5. The van der Waals surface area contributed by atoms with E-state index in [1.165, 1.54) is 18.1 Å². The molecule has 122 valence electrons. The zero-order chi connectivity index (χ0) is 16.9. The quantitative estimate of drug-likeness (QED) is 0.677. The molecule has 2 aromatic carbocycles. The third-order valence-electron chi connectivity index (χ3n) is 3.41. The minimum Gasteiger partial charge on any atom is -0.495 e. The largest absolute Gasteiger partial charge is 0.495 e. The van der Waals surface area contributed by atoms with E-state index in [1.807, 2.05) is 55.5 Å². The molecule has 0 aliphatic rings. The maximum Gasteiger partial charge on any atom is 0.158 e. The fourth-order valence-corrected chi connectivity index (χ4v) is 3.03. The van der Waals surface area contributed by atoms with E-state index in [1.54, 1.807) is 7.11 Å². The molecule has 0 saturated heterocycles. The van der Waals surface area contributed by atoms with E-state index < -0.39 is 0 Å². The Morgan fingerprint density at radius 3 is 2.62 bits per heavy atom. The van der Waals surface area contributed by atoms with Crippen LogP contribution in [0.25, 0.3) is 0 Å². The molecule has 0 atom stereocenters. The van der Waals surface area contributed by atoms with E-state index in [0.29, 0.717) is 16.5 Å². The molecule has 1 aromatic heterocycles. The summed E-state index contributed by atoms with van der Waals surface area (Å²) in [4.78, 5) is 9.63. The average molecular weight is 338 g/mol. The molecule has 1 heterocycles. The molecular formula is C18H18N4OS. The van der Waals surface area contributed by atoms with E-state index in [0.717, 1.165) is 21.9 Å². The minimum atomic E-state index is 0.509. The van der Waals surface area contributed by atoms with Crippen molar-refractivity contribution >= 4 is 29.0 Å². The Bertz CT molecular complexity index is 840. The predicted molar refractivity (Wildman–Crippen MR) is 98.0 cm³/mol. The highest BCUT2D eigenvalue weighted by atomic mass is 32.2. The number of aryl methyl sites for hydroxylation is 1. The molecule has 0 bridgehead atoms. The van der Waals surface area contributed by atoms with E-state index >= 15 is 0 Å². The van der Waals surface area contributed by atoms with Crippen LogP contribution >= 0.6 is 11.8 Å². The lowest BCUT2D eigenvalue weighted by Gasteiger charge is -2.14. The van der Waals surface area contributed by atoms with E-state index in [9.17, 15) is 0 Å². The van der Waals surface area contributed by atoms with Crippen LogP contribution in [0.1, 0.15) is 5.56 Å². The van der Waals surface area contributed by atoms with Gasteiger partial charge in [-0.3, -0.25) is 0 Å². The first-order valence-corrected chi connectivity index (χ1v) is 8.24. The summed E-state index contributed by atoms with van der Waals surface area (Å²) in [7, 11) is 1.63. The summed E-state index contributed by atoms with van der Waals surface area (Å²) in [6.07, 6.45) is 1.51. The average Bonchev–Trinajstić information content (AvgIpc) is 2.60. The van der Waals surface area contributed by atoms with Crippen molar-refractivity contribution in [3.8, 4) is 5.75 Å². The summed E-state index contributed by atoms with van der Waals surface area (Å²) in [6.45, 7) is 2.02. The van der Waals surface area contributed by atoms with Crippen LogP contribution < -0.4 is 15.8 Å². The van der Waals surface area contributed by atoms with Crippen LogP contribution in [0.5, 0.6) is 5.75 Å². The molecule has 24 heavy (non-hydrogen) atoms. The van der Waals surface area contributed by atoms with Crippen molar-refractivity contribution in [1.29, 1.82) is 0 Å². The van der Waals surface area contributed by atoms with Gasteiger partial charge in [-0.25, -0.2) is 9.97 Å². The van der Waals surface area contributed by atoms with Crippen molar-refractivity contribution in [2.24, 2.45) is 0 Å². The first-order valence-electron chi connectivity index (χ1n) is 7.42. The first-order chi connectivity index (χ1) is 11.7. The van der Waals surface area contributed by atoms with Gasteiger partial charge in [-0.1, -0.05) is 36.0 Å². The molecular weight excluding hydrogens is 320 g/mol. The first kappa shape index (κ1) is 16.1. The lowest BCUT2D eigenvalue weighted by atomic mass is 10.2. The predicted octanol–water partition coefficient (Wildman–Crippen LogP) is 4.27. The number of rotatable bonds is 5. The number of ether oxygens (including phenoxy) is 1. The number of nitrogens with zero attached hydrogens (tertiary/aromatic N) is 2. The van der Waals surface area contributed by atoms with Crippen LogP contribution in [0.3, 0.4) is 0 Å². The van der Waals surface area contributed by atoms with Crippen LogP contribution in [0.4, 0.5) is 17.2 Å². The Morgan fingerprint density at radius 2 is 1.88 bits per heavy atom. The second kappa shape index (κ2) is 7.23. The molecule has 0 aliphatic heterocycles.